The number of nitrogens with one attached hydrogen (secondary N) is 2. The van der Waals surface area contributed by atoms with Gasteiger partial charge in [0.2, 0.25) is 0 Å². The summed E-state index contributed by atoms with van der Waals surface area (Å²) in [7, 11) is 0. The Bertz CT molecular complexity index is 723. The standard InChI is InChI=1S/C17H19N5O/c1-3-12(2)22-17(23)14-6-4-5-13(9-14)11-21-16-15(10-18)19-7-8-20-16/h4-9,12H,3,11H2,1-2H3,(H,20,21)(H,22,23). The molecule has 0 saturated heterocycles. The van der Waals surface area contributed by atoms with Crippen molar-refractivity contribution in [2.24, 2.45) is 0 Å². The van der Waals surface area contributed by atoms with Crippen molar-refractivity contribution in [2.75, 3.05) is 5.32 Å². The van der Waals surface area contributed by atoms with Gasteiger partial charge in [0.1, 0.15) is 6.07 Å². The molecule has 2 rings (SSSR count). The summed E-state index contributed by atoms with van der Waals surface area (Å²) in [5.41, 5.74) is 1.79. The maximum atomic E-state index is 12.1. The Morgan fingerprint density at radius 2 is 2.13 bits per heavy atom. The summed E-state index contributed by atoms with van der Waals surface area (Å²) in [5, 5.41) is 15.0. The molecule has 1 aromatic heterocycles. The molecule has 0 fully saturated rings. The van der Waals surface area contributed by atoms with E-state index in [4.69, 9.17) is 5.26 Å². The highest BCUT2D eigenvalue weighted by atomic mass is 16.1. The topological polar surface area (TPSA) is 90.7 Å². The van der Waals surface area contributed by atoms with E-state index in [2.05, 4.69) is 20.6 Å². The Balaban J connectivity index is 2.06. The number of amides is 1. The molecule has 0 aliphatic rings. The number of nitriles is 1. The van der Waals surface area contributed by atoms with Crippen LogP contribution in [0.2, 0.25) is 0 Å². The summed E-state index contributed by atoms with van der Waals surface area (Å²) < 4.78 is 0. The first-order valence-electron chi connectivity index (χ1n) is 7.48. The van der Waals surface area contributed by atoms with Crippen LogP contribution in [0.4, 0.5) is 5.82 Å². The largest absolute Gasteiger partial charge is 0.364 e. The van der Waals surface area contributed by atoms with Crippen molar-refractivity contribution in [3.8, 4) is 6.07 Å². The second kappa shape index (κ2) is 7.90. The third-order valence-electron chi connectivity index (χ3n) is 3.44. The average molecular weight is 309 g/mol. The van der Waals surface area contributed by atoms with Crippen molar-refractivity contribution in [3.63, 3.8) is 0 Å². The molecule has 1 aromatic carbocycles. The number of anilines is 1. The van der Waals surface area contributed by atoms with Gasteiger partial charge in [0.15, 0.2) is 11.5 Å². The van der Waals surface area contributed by atoms with Crippen LogP contribution >= 0.6 is 0 Å². The van der Waals surface area contributed by atoms with Crippen LogP contribution in [0.15, 0.2) is 36.7 Å². The molecular formula is C17H19N5O. The number of hydrogen-bond donors (Lipinski definition) is 2. The maximum Gasteiger partial charge on any atom is 0.251 e. The zero-order chi connectivity index (χ0) is 16.7. The first kappa shape index (κ1) is 16.4. The normalized spacial score (nSPS) is 11.3. The highest BCUT2D eigenvalue weighted by Crippen LogP contribution is 2.11. The number of benzene rings is 1. The lowest BCUT2D eigenvalue weighted by atomic mass is 10.1. The Labute approximate surface area is 135 Å². The van der Waals surface area contributed by atoms with Gasteiger partial charge in [0, 0.05) is 30.5 Å². The molecule has 0 aliphatic carbocycles. The lowest BCUT2D eigenvalue weighted by Crippen LogP contribution is -2.31. The Morgan fingerprint density at radius 3 is 2.87 bits per heavy atom. The second-order valence-corrected chi connectivity index (χ2v) is 5.20. The van der Waals surface area contributed by atoms with Crippen molar-refractivity contribution in [3.05, 3.63) is 53.5 Å². The van der Waals surface area contributed by atoms with Gasteiger partial charge in [-0.1, -0.05) is 19.1 Å². The van der Waals surface area contributed by atoms with E-state index in [1.165, 1.54) is 12.4 Å². The van der Waals surface area contributed by atoms with Crippen LogP contribution in [0, 0.1) is 11.3 Å². The summed E-state index contributed by atoms with van der Waals surface area (Å²) in [5.74, 6) is 0.350. The van der Waals surface area contributed by atoms with Gasteiger partial charge in [-0.25, -0.2) is 9.97 Å². The van der Waals surface area contributed by atoms with E-state index in [9.17, 15) is 4.79 Å². The fourth-order valence-corrected chi connectivity index (χ4v) is 1.97. The zero-order valence-electron chi connectivity index (χ0n) is 13.2. The molecule has 6 heteroatoms. The molecule has 23 heavy (non-hydrogen) atoms. The van der Waals surface area contributed by atoms with Crippen molar-refractivity contribution < 1.29 is 4.79 Å². The smallest absolute Gasteiger partial charge is 0.251 e. The SMILES string of the molecule is CCC(C)NC(=O)c1cccc(CNc2nccnc2C#N)c1. The molecule has 118 valence electrons. The lowest BCUT2D eigenvalue weighted by Gasteiger charge is -2.12. The van der Waals surface area contributed by atoms with E-state index in [-0.39, 0.29) is 17.6 Å². The molecule has 0 radical (unpaired) electrons. The van der Waals surface area contributed by atoms with E-state index in [1.807, 2.05) is 38.1 Å². The number of rotatable bonds is 6. The number of carbonyl (C=O) groups excluding carboxylic acids is 1. The molecule has 2 N–H and O–H groups in total. The molecule has 0 aliphatic heterocycles. The molecule has 0 spiro atoms. The van der Waals surface area contributed by atoms with Crippen LogP contribution in [0.5, 0.6) is 0 Å². The minimum Gasteiger partial charge on any atom is -0.364 e. The molecule has 1 unspecified atom stereocenters. The first-order valence-corrected chi connectivity index (χ1v) is 7.48. The van der Waals surface area contributed by atoms with Gasteiger partial charge in [0.25, 0.3) is 5.91 Å². The van der Waals surface area contributed by atoms with Crippen molar-refractivity contribution in [1.82, 2.24) is 15.3 Å². The van der Waals surface area contributed by atoms with Gasteiger partial charge in [0.05, 0.1) is 0 Å². The van der Waals surface area contributed by atoms with Crippen LogP contribution < -0.4 is 10.6 Å². The van der Waals surface area contributed by atoms with E-state index in [0.29, 0.717) is 17.9 Å². The quantitative estimate of drug-likeness (QED) is 0.855. The average Bonchev–Trinajstić information content (AvgIpc) is 2.60. The number of aromatic nitrogens is 2. The predicted octanol–water partition coefficient (Wildman–Crippen LogP) is 2.49. The summed E-state index contributed by atoms with van der Waals surface area (Å²) >= 11 is 0. The van der Waals surface area contributed by atoms with E-state index in [0.717, 1.165) is 12.0 Å². The maximum absolute atomic E-state index is 12.1. The highest BCUT2D eigenvalue weighted by Gasteiger charge is 2.09. The third kappa shape index (κ3) is 4.51. The third-order valence-corrected chi connectivity index (χ3v) is 3.44. The van der Waals surface area contributed by atoms with Gasteiger partial charge in [-0.3, -0.25) is 4.79 Å². The minimum absolute atomic E-state index is 0.0848. The van der Waals surface area contributed by atoms with Crippen molar-refractivity contribution in [1.29, 1.82) is 5.26 Å². The first-order chi connectivity index (χ1) is 11.1. The van der Waals surface area contributed by atoms with Crippen LogP contribution in [-0.4, -0.2) is 21.9 Å². The highest BCUT2D eigenvalue weighted by molar-refractivity contribution is 5.94. The second-order valence-electron chi connectivity index (χ2n) is 5.20. The monoisotopic (exact) mass is 309 g/mol. The Hall–Kier alpha value is -2.94. The predicted molar refractivity (Wildman–Crippen MR) is 87.7 cm³/mol. The van der Waals surface area contributed by atoms with Gasteiger partial charge < -0.3 is 10.6 Å². The van der Waals surface area contributed by atoms with Gasteiger partial charge in [-0.05, 0) is 31.0 Å². The summed E-state index contributed by atoms with van der Waals surface area (Å²) in [6, 6.07) is 9.49. The van der Waals surface area contributed by atoms with Crippen LogP contribution in [0.1, 0.15) is 41.9 Å². The van der Waals surface area contributed by atoms with E-state index in [1.54, 1.807) is 6.07 Å². The molecule has 1 atom stereocenters. The summed E-state index contributed by atoms with van der Waals surface area (Å²) in [6.07, 6.45) is 3.89. The van der Waals surface area contributed by atoms with E-state index < -0.39 is 0 Å². The van der Waals surface area contributed by atoms with Gasteiger partial charge in [-0.15, -0.1) is 0 Å². The van der Waals surface area contributed by atoms with E-state index >= 15 is 0 Å². The molecule has 0 bridgehead atoms. The van der Waals surface area contributed by atoms with Crippen molar-refractivity contribution in [2.45, 2.75) is 32.9 Å². The van der Waals surface area contributed by atoms with Crippen LogP contribution in [-0.2, 0) is 6.54 Å². The number of nitrogens with zero attached hydrogens (tertiary/aromatic N) is 3. The Kier molecular flexibility index (Phi) is 5.64. The zero-order valence-corrected chi connectivity index (χ0v) is 13.2. The van der Waals surface area contributed by atoms with Crippen LogP contribution in [0.25, 0.3) is 0 Å². The number of carbonyl (C=O) groups is 1. The fourth-order valence-electron chi connectivity index (χ4n) is 1.97. The summed E-state index contributed by atoms with van der Waals surface area (Å²) in [6.45, 7) is 4.46. The molecule has 2 aromatic rings. The molecule has 6 nitrogen and oxygen atoms in total. The minimum atomic E-state index is -0.0848. The number of hydrogen-bond acceptors (Lipinski definition) is 5. The lowest BCUT2D eigenvalue weighted by molar-refractivity contribution is 0.0939. The molecular weight excluding hydrogens is 290 g/mol. The molecule has 1 amide bonds. The van der Waals surface area contributed by atoms with Crippen molar-refractivity contribution >= 4 is 11.7 Å². The van der Waals surface area contributed by atoms with Gasteiger partial charge >= 0.3 is 0 Å². The molecule has 0 saturated carbocycles. The molecule has 1 heterocycles. The fraction of sp³-hybridized carbons (Fsp3) is 0.294. The van der Waals surface area contributed by atoms with Crippen LogP contribution in [0.3, 0.4) is 0 Å². The van der Waals surface area contributed by atoms with Gasteiger partial charge in [-0.2, -0.15) is 5.26 Å². The Morgan fingerprint density at radius 1 is 1.35 bits per heavy atom. The summed E-state index contributed by atoms with van der Waals surface area (Å²) in [4.78, 5) is 20.2.